The number of nitrogen functional groups attached to an aromatic ring is 1. The van der Waals surface area contributed by atoms with Crippen LogP contribution in [0.5, 0.6) is 5.19 Å². The molecule has 5 nitrogen and oxygen atoms in total. The topological polar surface area (TPSA) is 70.3 Å². The zero-order chi connectivity index (χ0) is 9.60. The van der Waals surface area contributed by atoms with Crippen molar-refractivity contribution >= 4 is 16.5 Å². The summed E-state index contributed by atoms with van der Waals surface area (Å²) < 4.78 is 11.3. The van der Waals surface area contributed by atoms with Crippen molar-refractivity contribution in [2.75, 3.05) is 12.3 Å². The van der Waals surface area contributed by atoms with Gasteiger partial charge in [-0.05, 0) is 24.2 Å². The van der Waals surface area contributed by atoms with Gasteiger partial charge in [-0.25, -0.2) is 0 Å². The molecule has 1 aliphatic carbocycles. The second kappa shape index (κ2) is 2.80. The normalized spacial score (nSPS) is 28.1. The maximum atomic E-state index is 5.64. The van der Waals surface area contributed by atoms with Gasteiger partial charge in [0.1, 0.15) is 6.10 Å². The number of aromatic nitrogens is 2. The molecule has 2 fully saturated rings. The van der Waals surface area contributed by atoms with Crippen molar-refractivity contribution in [3.05, 3.63) is 0 Å². The lowest BCUT2D eigenvalue weighted by Crippen LogP contribution is -2.16. The molecule has 1 aromatic rings. The molecule has 76 valence electrons. The molecule has 1 aliphatic heterocycles. The number of rotatable bonds is 2. The standard InChI is InChI=1S/C8H11N3O2S/c9-6-10-11-7(14-6)13-5-3-8(1-2-8)12-4-5/h5H,1-4H2,(H2,9,10). The summed E-state index contributed by atoms with van der Waals surface area (Å²) in [4.78, 5) is 0. The Balaban J connectivity index is 1.63. The Morgan fingerprint density at radius 2 is 2.36 bits per heavy atom. The monoisotopic (exact) mass is 213 g/mol. The maximum absolute atomic E-state index is 5.64. The van der Waals surface area contributed by atoms with E-state index in [9.17, 15) is 0 Å². The summed E-state index contributed by atoms with van der Waals surface area (Å²) in [6, 6.07) is 0. The van der Waals surface area contributed by atoms with Crippen molar-refractivity contribution in [1.82, 2.24) is 10.2 Å². The highest BCUT2D eigenvalue weighted by atomic mass is 32.1. The van der Waals surface area contributed by atoms with E-state index in [4.69, 9.17) is 15.2 Å². The van der Waals surface area contributed by atoms with E-state index < -0.39 is 0 Å². The van der Waals surface area contributed by atoms with Crippen LogP contribution in [0.2, 0.25) is 0 Å². The molecule has 1 saturated carbocycles. The zero-order valence-corrected chi connectivity index (χ0v) is 8.42. The van der Waals surface area contributed by atoms with Crippen molar-refractivity contribution in [1.29, 1.82) is 0 Å². The van der Waals surface area contributed by atoms with Gasteiger partial charge in [0.25, 0.3) is 5.19 Å². The second-order valence-electron chi connectivity index (χ2n) is 3.84. The molecule has 1 aromatic heterocycles. The minimum absolute atomic E-state index is 0.129. The molecule has 0 amide bonds. The molecule has 1 atom stereocenters. The highest BCUT2D eigenvalue weighted by Crippen LogP contribution is 2.48. The molecule has 0 bridgehead atoms. The fourth-order valence-electron chi connectivity index (χ4n) is 1.78. The number of hydrogen-bond acceptors (Lipinski definition) is 6. The van der Waals surface area contributed by atoms with Crippen molar-refractivity contribution < 1.29 is 9.47 Å². The highest BCUT2D eigenvalue weighted by Gasteiger charge is 2.51. The first-order chi connectivity index (χ1) is 6.76. The van der Waals surface area contributed by atoms with Crippen molar-refractivity contribution in [3.63, 3.8) is 0 Å². The lowest BCUT2D eigenvalue weighted by Gasteiger charge is -2.07. The summed E-state index contributed by atoms with van der Waals surface area (Å²) in [5.41, 5.74) is 5.61. The average molecular weight is 213 g/mol. The van der Waals surface area contributed by atoms with Gasteiger partial charge in [-0.15, -0.1) is 5.10 Å². The molecule has 0 aromatic carbocycles. The van der Waals surface area contributed by atoms with Gasteiger partial charge in [0.2, 0.25) is 5.13 Å². The fourth-order valence-corrected chi connectivity index (χ4v) is 2.30. The van der Waals surface area contributed by atoms with E-state index in [1.54, 1.807) is 0 Å². The van der Waals surface area contributed by atoms with E-state index in [0.29, 0.717) is 16.9 Å². The molecule has 2 aliphatic rings. The molecule has 6 heteroatoms. The Morgan fingerprint density at radius 1 is 1.50 bits per heavy atom. The summed E-state index contributed by atoms with van der Waals surface area (Å²) in [5.74, 6) is 0. The predicted molar refractivity (Wildman–Crippen MR) is 51.3 cm³/mol. The van der Waals surface area contributed by atoms with Crippen LogP contribution in [0.3, 0.4) is 0 Å². The van der Waals surface area contributed by atoms with Gasteiger partial charge < -0.3 is 15.2 Å². The molecular weight excluding hydrogens is 202 g/mol. The van der Waals surface area contributed by atoms with Gasteiger partial charge in [-0.3, -0.25) is 0 Å². The van der Waals surface area contributed by atoms with E-state index in [1.165, 1.54) is 24.2 Å². The van der Waals surface area contributed by atoms with E-state index in [-0.39, 0.29) is 11.7 Å². The third-order valence-electron chi connectivity index (χ3n) is 2.67. The van der Waals surface area contributed by atoms with Crippen LogP contribution in [-0.2, 0) is 4.74 Å². The van der Waals surface area contributed by atoms with Crippen LogP contribution in [0, 0.1) is 0 Å². The van der Waals surface area contributed by atoms with E-state index in [2.05, 4.69) is 10.2 Å². The fraction of sp³-hybridized carbons (Fsp3) is 0.750. The lowest BCUT2D eigenvalue weighted by molar-refractivity contribution is 0.0783. The van der Waals surface area contributed by atoms with Gasteiger partial charge in [0.15, 0.2) is 0 Å². The van der Waals surface area contributed by atoms with Crippen LogP contribution in [0.15, 0.2) is 0 Å². The molecule has 1 saturated heterocycles. The van der Waals surface area contributed by atoms with Crippen LogP contribution < -0.4 is 10.5 Å². The molecule has 2 heterocycles. The first-order valence-corrected chi connectivity index (χ1v) is 5.47. The number of hydrogen-bond donors (Lipinski definition) is 1. The zero-order valence-electron chi connectivity index (χ0n) is 7.60. The Labute approximate surface area is 85.2 Å². The molecule has 14 heavy (non-hydrogen) atoms. The quantitative estimate of drug-likeness (QED) is 0.787. The Morgan fingerprint density at radius 3 is 2.93 bits per heavy atom. The molecule has 1 unspecified atom stereocenters. The number of nitrogens with zero attached hydrogens (tertiary/aromatic N) is 2. The van der Waals surface area contributed by atoms with Gasteiger partial charge >= 0.3 is 0 Å². The number of anilines is 1. The van der Waals surface area contributed by atoms with Gasteiger partial charge in [-0.2, -0.15) is 0 Å². The smallest absolute Gasteiger partial charge is 0.296 e. The van der Waals surface area contributed by atoms with Gasteiger partial charge in [-0.1, -0.05) is 5.10 Å². The van der Waals surface area contributed by atoms with Crippen molar-refractivity contribution in [2.24, 2.45) is 0 Å². The number of ether oxygens (including phenoxy) is 2. The first kappa shape index (κ1) is 8.43. The molecule has 3 rings (SSSR count). The van der Waals surface area contributed by atoms with Gasteiger partial charge in [0, 0.05) is 6.42 Å². The SMILES string of the molecule is Nc1nnc(OC2COC3(CC3)C2)s1. The highest BCUT2D eigenvalue weighted by molar-refractivity contribution is 7.16. The van der Waals surface area contributed by atoms with Crippen LogP contribution >= 0.6 is 11.3 Å². The minimum atomic E-state index is 0.129. The maximum Gasteiger partial charge on any atom is 0.296 e. The van der Waals surface area contributed by atoms with E-state index >= 15 is 0 Å². The Bertz CT molecular complexity index is 350. The third kappa shape index (κ3) is 1.44. The summed E-state index contributed by atoms with van der Waals surface area (Å²) in [6.07, 6.45) is 3.45. The van der Waals surface area contributed by atoms with Crippen LogP contribution in [0.1, 0.15) is 19.3 Å². The molecular formula is C8H11N3O2S. The summed E-state index contributed by atoms with van der Waals surface area (Å²) in [6.45, 7) is 0.666. The largest absolute Gasteiger partial charge is 0.463 e. The van der Waals surface area contributed by atoms with E-state index in [1.807, 2.05) is 0 Å². The molecule has 2 N–H and O–H groups in total. The van der Waals surface area contributed by atoms with Crippen molar-refractivity contribution in [2.45, 2.75) is 31.0 Å². The van der Waals surface area contributed by atoms with Crippen LogP contribution in [0.25, 0.3) is 0 Å². The van der Waals surface area contributed by atoms with Crippen LogP contribution in [-0.4, -0.2) is 28.5 Å². The average Bonchev–Trinajstić information content (AvgIpc) is 2.58. The molecule has 1 spiro atoms. The summed E-state index contributed by atoms with van der Waals surface area (Å²) in [5, 5.41) is 8.50. The minimum Gasteiger partial charge on any atom is -0.463 e. The second-order valence-corrected chi connectivity index (χ2v) is 4.82. The predicted octanol–water partition coefficient (Wildman–Crippen LogP) is 0.821. The summed E-state index contributed by atoms with van der Waals surface area (Å²) >= 11 is 1.27. The number of nitrogens with two attached hydrogens (primary N) is 1. The third-order valence-corrected chi connectivity index (χ3v) is 3.32. The summed E-state index contributed by atoms with van der Waals surface area (Å²) in [7, 11) is 0. The Kier molecular flexibility index (Phi) is 1.69. The van der Waals surface area contributed by atoms with Crippen LogP contribution in [0.4, 0.5) is 5.13 Å². The molecule has 0 radical (unpaired) electrons. The first-order valence-electron chi connectivity index (χ1n) is 4.65. The van der Waals surface area contributed by atoms with Crippen molar-refractivity contribution in [3.8, 4) is 5.19 Å². The van der Waals surface area contributed by atoms with Gasteiger partial charge in [0.05, 0.1) is 12.2 Å². The Hall–Kier alpha value is -0.880. The lowest BCUT2D eigenvalue weighted by atomic mass is 10.2. The van der Waals surface area contributed by atoms with E-state index in [0.717, 1.165) is 6.42 Å².